The van der Waals surface area contributed by atoms with Crippen LogP contribution in [0.25, 0.3) is 0 Å². The van der Waals surface area contributed by atoms with Crippen LogP contribution in [0.2, 0.25) is 0 Å². The highest BCUT2D eigenvalue weighted by molar-refractivity contribution is 6.19. The van der Waals surface area contributed by atoms with Crippen molar-refractivity contribution in [2.45, 2.75) is 31.7 Å². The Bertz CT molecular complexity index is 663. The molecular weight excluding hydrogens is 306 g/mol. The molecule has 1 aliphatic carbocycles. The summed E-state index contributed by atoms with van der Waals surface area (Å²) < 4.78 is 0. The van der Waals surface area contributed by atoms with Crippen LogP contribution in [0.15, 0.2) is 30.3 Å². The van der Waals surface area contributed by atoms with Gasteiger partial charge in [-0.05, 0) is 37.8 Å². The molecule has 1 aromatic carbocycles. The van der Waals surface area contributed by atoms with E-state index >= 15 is 0 Å². The summed E-state index contributed by atoms with van der Waals surface area (Å²) in [5.74, 6) is 0.330. The molecule has 4 rings (SSSR count). The van der Waals surface area contributed by atoms with Gasteiger partial charge in [0.05, 0.1) is 5.69 Å². The van der Waals surface area contributed by atoms with Gasteiger partial charge in [0, 0.05) is 25.0 Å². The molecule has 0 spiro atoms. The Kier molecular flexibility index (Phi) is 3.75. The van der Waals surface area contributed by atoms with E-state index in [1.807, 2.05) is 23.1 Å². The number of rotatable bonds is 3. The maximum atomic E-state index is 12.7. The molecule has 4 amide bonds. The van der Waals surface area contributed by atoms with Gasteiger partial charge in [0.15, 0.2) is 0 Å². The summed E-state index contributed by atoms with van der Waals surface area (Å²) in [6.07, 6.45) is 3.54. The second-order valence-corrected chi connectivity index (χ2v) is 6.81. The van der Waals surface area contributed by atoms with Crippen LogP contribution in [0.3, 0.4) is 0 Å². The van der Waals surface area contributed by atoms with Crippen molar-refractivity contribution in [3.05, 3.63) is 30.3 Å². The minimum atomic E-state index is -0.238. The van der Waals surface area contributed by atoms with Crippen LogP contribution in [-0.4, -0.2) is 53.3 Å². The van der Waals surface area contributed by atoms with Gasteiger partial charge in [-0.3, -0.25) is 9.59 Å². The Morgan fingerprint density at radius 3 is 2.25 bits per heavy atom. The third kappa shape index (κ3) is 2.66. The Morgan fingerprint density at radius 1 is 0.958 bits per heavy atom. The van der Waals surface area contributed by atoms with Crippen LogP contribution in [0.1, 0.15) is 25.7 Å². The lowest BCUT2D eigenvalue weighted by Crippen LogP contribution is -2.48. The van der Waals surface area contributed by atoms with Gasteiger partial charge in [0.25, 0.3) is 5.91 Å². The van der Waals surface area contributed by atoms with E-state index in [4.69, 9.17) is 0 Å². The topological polar surface area (TPSA) is 60.9 Å². The number of carbonyl (C=O) groups is 3. The fraction of sp³-hybridized carbons (Fsp3) is 0.500. The predicted molar refractivity (Wildman–Crippen MR) is 88.4 cm³/mol. The number of nitrogens with zero attached hydrogens (tertiary/aromatic N) is 3. The van der Waals surface area contributed by atoms with E-state index in [0.29, 0.717) is 18.8 Å². The number of hydrogen-bond donors (Lipinski definition) is 0. The summed E-state index contributed by atoms with van der Waals surface area (Å²) >= 11 is 0. The highest BCUT2D eigenvalue weighted by Crippen LogP contribution is 2.33. The van der Waals surface area contributed by atoms with Crippen LogP contribution >= 0.6 is 0 Å². The first-order valence-electron chi connectivity index (χ1n) is 8.62. The van der Waals surface area contributed by atoms with E-state index in [2.05, 4.69) is 0 Å². The molecule has 0 aromatic heterocycles. The average Bonchev–Trinajstić information content (AvgIpc) is 3.41. The normalized spacial score (nSPS) is 22.4. The van der Waals surface area contributed by atoms with E-state index in [0.717, 1.165) is 25.7 Å². The van der Waals surface area contributed by atoms with Crippen molar-refractivity contribution in [1.29, 1.82) is 0 Å². The lowest BCUT2D eigenvalue weighted by atomic mass is 10.0. The van der Waals surface area contributed by atoms with Crippen LogP contribution in [0.4, 0.5) is 10.5 Å². The molecule has 2 heterocycles. The second-order valence-electron chi connectivity index (χ2n) is 6.81. The zero-order valence-corrected chi connectivity index (χ0v) is 13.6. The fourth-order valence-electron chi connectivity index (χ4n) is 3.62. The lowest BCUT2D eigenvalue weighted by molar-refractivity contribution is -0.134. The zero-order valence-electron chi connectivity index (χ0n) is 13.6. The molecule has 3 aliphatic rings. The Balaban J connectivity index is 1.41. The SMILES string of the molecule is O=C(C1CC1)N1CCC(N2CC(=O)N(c3ccccc3)C2=O)CC1. The van der Waals surface area contributed by atoms with Crippen molar-refractivity contribution in [3.8, 4) is 0 Å². The average molecular weight is 327 g/mol. The van der Waals surface area contributed by atoms with E-state index in [-0.39, 0.29) is 36.3 Å². The van der Waals surface area contributed by atoms with Crippen LogP contribution in [-0.2, 0) is 9.59 Å². The third-order valence-electron chi connectivity index (χ3n) is 5.15. The van der Waals surface area contributed by atoms with Gasteiger partial charge in [-0.25, -0.2) is 9.69 Å². The number of para-hydroxylation sites is 1. The van der Waals surface area contributed by atoms with Gasteiger partial charge < -0.3 is 9.80 Å². The van der Waals surface area contributed by atoms with Crippen molar-refractivity contribution < 1.29 is 14.4 Å². The Labute approximate surface area is 141 Å². The molecule has 0 unspecified atom stereocenters. The summed E-state index contributed by atoms with van der Waals surface area (Å²) in [7, 11) is 0. The second kappa shape index (κ2) is 5.92. The molecule has 24 heavy (non-hydrogen) atoms. The summed E-state index contributed by atoms with van der Waals surface area (Å²) in [5, 5.41) is 0. The molecule has 0 bridgehead atoms. The van der Waals surface area contributed by atoms with Gasteiger partial charge in [0.1, 0.15) is 6.54 Å². The molecule has 1 saturated carbocycles. The molecule has 2 aliphatic heterocycles. The monoisotopic (exact) mass is 327 g/mol. The smallest absolute Gasteiger partial charge is 0.332 e. The first-order chi connectivity index (χ1) is 11.6. The quantitative estimate of drug-likeness (QED) is 0.796. The van der Waals surface area contributed by atoms with Crippen molar-refractivity contribution in [1.82, 2.24) is 9.80 Å². The molecule has 1 aromatic rings. The Morgan fingerprint density at radius 2 is 1.62 bits per heavy atom. The van der Waals surface area contributed by atoms with Crippen LogP contribution < -0.4 is 4.90 Å². The highest BCUT2D eigenvalue weighted by Gasteiger charge is 2.42. The van der Waals surface area contributed by atoms with Gasteiger partial charge in [-0.2, -0.15) is 0 Å². The number of piperidine rings is 1. The van der Waals surface area contributed by atoms with Crippen molar-refractivity contribution in [2.24, 2.45) is 5.92 Å². The summed E-state index contributed by atoms with van der Waals surface area (Å²) in [5.41, 5.74) is 0.622. The molecule has 3 fully saturated rings. The molecule has 6 nitrogen and oxygen atoms in total. The molecule has 6 heteroatoms. The number of hydrogen-bond acceptors (Lipinski definition) is 3. The number of anilines is 1. The first kappa shape index (κ1) is 15.2. The number of benzene rings is 1. The Hall–Kier alpha value is -2.37. The largest absolute Gasteiger partial charge is 0.342 e. The third-order valence-corrected chi connectivity index (χ3v) is 5.15. The van der Waals surface area contributed by atoms with Gasteiger partial charge in [-0.15, -0.1) is 0 Å². The molecule has 0 atom stereocenters. The number of urea groups is 1. The molecule has 126 valence electrons. The van der Waals surface area contributed by atoms with Crippen molar-refractivity contribution in [3.63, 3.8) is 0 Å². The lowest BCUT2D eigenvalue weighted by Gasteiger charge is -2.36. The van der Waals surface area contributed by atoms with Gasteiger partial charge >= 0.3 is 6.03 Å². The summed E-state index contributed by atoms with van der Waals surface area (Å²) in [6, 6.07) is 8.85. The number of carbonyl (C=O) groups excluding carboxylic acids is 3. The van der Waals surface area contributed by atoms with Crippen molar-refractivity contribution >= 4 is 23.5 Å². The number of imide groups is 1. The first-order valence-corrected chi connectivity index (χ1v) is 8.62. The standard InChI is InChI=1S/C18H21N3O3/c22-16-12-20(18(24)21(16)15-4-2-1-3-5-15)14-8-10-19(11-9-14)17(23)13-6-7-13/h1-5,13-14H,6-12H2. The van der Waals surface area contributed by atoms with Crippen LogP contribution in [0, 0.1) is 5.92 Å². The summed E-state index contributed by atoms with van der Waals surface area (Å²) in [4.78, 5) is 42.0. The maximum absolute atomic E-state index is 12.7. The molecular formula is C18H21N3O3. The molecule has 0 N–H and O–H groups in total. The van der Waals surface area contributed by atoms with Gasteiger partial charge in [-0.1, -0.05) is 18.2 Å². The summed E-state index contributed by atoms with van der Waals surface area (Å²) in [6.45, 7) is 1.50. The van der Waals surface area contributed by atoms with E-state index in [9.17, 15) is 14.4 Å². The fourth-order valence-corrected chi connectivity index (χ4v) is 3.62. The van der Waals surface area contributed by atoms with E-state index < -0.39 is 0 Å². The minimum absolute atomic E-state index is 0.0402. The number of amides is 4. The number of likely N-dealkylation sites (tertiary alicyclic amines) is 1. The molecule has 2 saturated heterocycles. The van der Waals surface area contributed by atoms with E-state index in [1.165, 1.54) is 4.90 Å². The van der Waals surface area contributed by atoms with Crippen LogP contribution in [0.5, 0.6) is 0 Å². The van der Waals surface area contributed by atoms with Crippen molar-refractivity contribution in [2.75, 3.05) is 24.5 Å². The van der Waals surface area contributed by atoms with E-state index in [1.54, 1.807) is 17.0 Å². The maximum Gasteiger partial charge on any atom is 0.332 e. The minimum Gasteiger partial charge on any atom is -0.342 e. The predicted octanol–water partition coefficient (Wildman–Crippen LogP) is 1.86. The molecule has 0 radical (unpaired) electrons. The highest BCUT2D eigenvalue weighted by atomic mass is 16.2. The zero-order chi connectivity index (χ0) is 16.7. The van der Waals surface area contributed by atoms with Gasteiger partial charge in [0.2, 0.25) is 5.91 Å².